The molecule has 2 saturated heterocycles. The lowest BCUT2D eigenvalue weighted by Crippen LogP contribution is -2.55. The van der Waals surface area contributed by atoms with E-state index in [1.165, 1.54) is 36.3 Å². The lowest BCUT2D eigenvalue weighted by atomic mass is 9.59. The molecule has 3 aromatic rings. The van der Waals surface area contributed by atoms with Gasteiger partial charge in [-0.15, -0.1) is 0 Å². The minimum absolute atomic E-state index is 0.0277. The molecule has 1 amide bonds. The summed E-state index contributed by atoms with van der Waals surface area (Å²) in [5.74, 6) is 0.0212. The van der Waals surface area contributed by atoms with Crippen molar-refractivity contribution in [2.75, 3.05) is 44.7 Å². The molecule has 244 valence electrons. The molecule has 3 aliphatic rings. The molecule has 0 radical (unpaired) electrons. The van der Waals surface area contributed by atoms with E-state index in [0.29, 0.717) is 11.5 Å². The number of halogens is 1. The number of sulfone groups is 1. The summed E-state index contributed by atoms with van der Waals surface area (Å²) < 4.78 is 46.7. The number of carbonyl (C=O) groups is 1. The van der Waals surface area contributed by atoms with E-state index in [1.807, 2.05) is 18.2 Å². The Bertz CT molecular complexity index is 1690. The molecule has 46 heavy (non-hydrogen) atoms. The second-order valence-corrected chi connectivity index (χ2v) is 14.9. The average Bonchev–Trinajstić information content (AvgIpc) is 3.70. The van der Waals surface area contributed by atoms with Crippen molar-refractivity contribution < 1.29 is 22.3 Å². The number of ether oxygens (including phenoxy) is 1. The summed E-state index contributed by atoms with van der Waals surface area (Å²) in [4.78, 5) is 17.3. The van der Waals surface area contributed by atoms with Crippen LogP contribution in [0, 0.1) is 34.9 Å². The van der Waals surface area contributed by atoms with Crippen molar-refractivity contribution in [2.45, 2.75) is 53.4 Å². The number of aromatic nitrogens is 2. The molecule has 3 heterocycles. The van der Waals surface area contributed by atoms with Crippen LogP contribution in [0.4, 0.5) is 14.9 Å². The number of alkyl carbamates (subject to hydrolysis) is 1. The quantitative estimate of drug-likeness (QED) is 0.360. The van der Waals surface area contributed by atoms with E-state index < -0.39 is 21.3 Å². The van der Waals surface area contributed by atoms with E-state index in [4.69, 9.17) is 4.74 Å². The van der Waals surface area contributed by atoms with Gasteiger partial charge in [-0.25, -0.2) is 17.6 Å². The average molecular weight is 649 g/mol. The molecule has 1 saturated carbocycles. The number of piperidine rings is 1. The van der Waals surface area contributed by atoms with Crippen LogP contribution in [0.3, 0.4) is 0 Å². The molecular weight excluding hydrogens is 607 g/mol. The number of aryl methyl sites for hydroxylation is 1. The van der Waals surface area contributed by atoms with Crippen LogP contribution in [-0.2, 0) is 27.0 Å². The fourth-order valence-electron chi connectivity index (χ4n) is 7.97. The van der Waals surface area contributed by atoms with Crippen molar-refractivity contribution in [1.29, 1.82) is 5.26 Å². The Kier molecular flexibility index (Phi) is 9.08. The maximum absolute atomic E-state index is 14.6. The van der Waals surface area contributed by atoms with Gasteiger partial charge >= 0.3 is 6.09 Å². The van der Waals surface area contributed by atoms with Gasteiger partial charge in [0.1, 0.15) is 10.7 Å². The highest BCUT2D eigenvalue weighted by Gasteiger charge is 2.52. The SMILES string of the molecule is COC(=O)N[C@H]1CCC[C@@H]1C(C#N)(c1cccc(F)c1)C1CCN(CC2CN(c3ccc(S(=O)(=O)c4cnn(C)c4)cc3)C2)CC1. The molecule has 0 bridgehead atoms. The molecular formula is C34H41FN6O4S. The highest BCUT2D eigenvalue weighted by atomic mass is 32.2. The van der Waals surface area contributed by atoms with Crippen LogP contribution in [0.2, 0.25) is 0 Å². The van der Waals surface area contributed by atoms with Gasteiger partial charge < -0.3 is 19.9 Å². The summed E-state index contributed by atoms with van der Waals surface area (Å²) in [5, 5.41) is 17.8. The monoisotopic (exact) mass is 648 g/mol. The zero-order chi connectivity index (χ0) is 32.5. The molecule has 3 atom stereocenters. The number of hydrogen-bond donors (Lipinski definition) is 1. The summed E-state index contributed by atoms with van der Waals surface area (Å²) in [5.41, 5.74) is 0.784. The van der Waals surface area contributed by atoms with Gasteiger partial charge in [0.15, 0.2) is 0 Å². The van der Waals surface area contributed by atoms with Gasteiger partial charge in [-0.05, 0) is 86.7 Å². The molecule has 10 nitrogen and oxygen atoms in total. The highest BCUT2D eigenvalue weighted by molar-refractivity contribution is 7.91. The molecule has 2 aromatic carbocycles. The molecule has 12 heteroatoms. The maximum atomic E-state index is 14.6. The zero-order valence-electron chi connectivity index (χ0n) is 26.3. The first-order valence-electron chi connectivity index (χ1n) is 16.0. The van der Waals surface area contributed by atoms with Gasteiger partial charge in [0.2, 0.25) is 9.84 Å². The topological polar surface area (TPSA) is 121 Å². The minimum Gasteiger partial charge on any atom is -0.453 e. The third-order valence-corrected chi connectivity index (χ3v) is 12.0. The maximum Gasteiger partial charge on any atom is 0.407 e. The summed E-state index contributed by atoms with van der Waals surface area (Å²) in [6, 6.07) is 16.0. The fourth-order valence-corrected chi connectivity index (χ4v) is 9.21. The standard InChI is InChI=1S/C34H41FN6O4S/c1-39-22-30(18-37-39)46(43,44)29-11-9-28(10-12-29)41-20-24(21-41)19-40-15-13-25(14-16-40)34(23-36,26-5-3-6-27(35)17-26)31-7-4-8-32(31)38-33(42)45-2/h3,5-6,9-12,17-18,22,24-25,31-32H,4,7-8,13-16,19-21H2,1-2H3,(H,38,42)/t31-,32-,34?/m0/s1. The predicted molar refractivity (Wildman–Crippen MR) is 170 cm³/mol. The Hall–Kier alpha value is -3.95. The third kappa shape index (κ3) is 6.10. The van der Waals surface area contributed by atoms with Crippen molar-refractivity contribution in [3.8, 4) is 6.07 Å². The molecule has 0 spiro atoms. The van der Waals surface area contributed by atoms with Gasteiger partial charge in [-0.2, -0.15) is 10.4 Å². The van der Waals surface area contributed by atoms with Crippen LogP contribution in [0.15, 0.2) is 70.7 Å². The second-order valence-electron chi connectivity index (χ2n) is 13.0. The Morgan fingerprint density at radius 1 is 1.11 bits per heavy atom. The molecule has 1 aromatic heterocycles. The molecule has 3 fully saturated rings. The van der Waals surface area contributed by atoms with Crippen LogP contribution in [0.25, 0.3) is 0 Å². The molecule has 1 aliphatic carbocycles. The van der Waals surface area contributed by atoms with E-state index in [1.54, 1.807) is 25.2 Å². The van der Waals surface area contributed by atoms with Crippen LogP contribution < -0.4 is 10.2 Å². The number of nitrogens with zero attached hydrogens (tertiary/aromatic N) is 5. The van der Waals surface area contributed by atoms with Crippen molar-refractivity contribution in [3.63, 3.8) is 0 Å². The normalized spacial score (nSPS) is 22.5. The number of carbonyl (C=O) groups excluding carboxylic acids is 1. The predicted octanol–water partition coefficient (Wildman–Crippen LogP) is 4.53. The lowest BCUT2D eigenvalue weighted by molar-refractivity contribution is 0.0938. The van der Waals surface area contributed by atoms with Crippen molar-refractivity contribution >= 4 is 21.6 Å². The first kappa shape index (κ1) is 32.0. The smallest absolute Gasteiger partial charge is 0.407 e. The number of likely N-dealkylation sites (tertiary alicyclic amines) is 1. The summed E-state index contributed by atoms with van der Waals surface area (Å²) in [7, 11) is -0.572. The first-order valence-corrected chi connectivity index (χ1v) is 17.4. The number of hydrogen-bond acceptors (Lipinski definition) is 8. The van der Waals surface area contributed by atoms with Crippen molar-refractivity contribution in [3.05, 3.63) is 72.3 Å². The Morgan fingerprint density at radius 2 is 1.85 bits per heavy atom. The van der Waals surface area contributed by atoms with Crippen LogP contribution in [-0.4, -0.2) is 75.1 Å². The number of rotatable bonds is 9. The summed E-state index contributed by atoms with van der Waals surface area (Å²) >= 11 is 0. The van der Waals surface area contributed by atoms with Crippen LogP contribution >= 0.6 is 0 Å². The van der Waals surface area contributed by atoms with Crippen molar-refractivity contribution in [1.82, 2.24) is 20.0 Å². The number of nitrogens with one attached hydrogen (secondary N) is 1. The highest BCUT2D eigenvalue weighted by Crippen LogP contribution is 2.50. The van der Waals surface area contributed by atoms with Gasteiger partial charge in [0.05, 0.1) is 29.7 Å². The molecule has 1 N–H and O–H groups in total. The first-order chi connectivity index (χ1) is 22.1. The van der Waals surface area contributed by atoms with Crippen molar-refractivity contribution in [2.24, 2.45) is 24.8 Å². The fraction of sp³-hybridized carbons (Fsp3) is 0.500. The van der Waals surface area contributed by atoms with E-state index in [2.05, 4.69) is 26.3 Å². The second kappa shape index (κ2) is 13.0. The van der Waals surface area contributed by atoms with Gasteiger partial charge in [-0.3, -0.25) is 4.68 Å². The van der Waals surface area contributed by atoms with Gasteiger partial charge in [0, 0.05) is 56.4 Å². The third-order valence-electron chi connectivity index (χ3n) is 10.3. The Morgan fingerprint density at radius 3 is 2.48 bits per heavy atom. The van der Waals surface area contributed by atoms with E-state index in [9.17, 15) is 22.9 Å². The summed E-state index contributed by atoms with van der Waals surface area (Å²) in [6.45, 7) is 4.43. The Labute approximate surface area is 270 Å². The van der Waals surface area contributed by atoms with Crippen LogP contribution in [0.1, 0.15) is 37.7 Å². The molecule has 6 rings (SSSR count). The number of amides is 1. The van der Waals surface area contributed by atoms with E-state index >= 15 is 0 Å². The van der Waals surface area contributed by atoms with Gasteiger partial charge in [0.25, 0.3) is 0 Å². The largest absolute Gasteiger partial charge is 0.453 e. The molecule has 2 aliphatic heterocycles. The van der Waals surface area contributed by atoms with E-state index in [-0.39, 0.29) is 33.5 Å². The van der Waals surface area contributed by atoms with Crippen LogP contribution in [0.5, 0.6) is 0 Å². The number of anilines is 1. The number of methoxy groups -OCH3 is 1. The summed E-state index contributed by atoms with van der Waals surface area (Å²) in [6.07, 6.45) is 6.43. The lowest BCUT2D eigenvalue weighted by Gasteiger charge is -2.48. The minimum atomic E-state index is -3.60. The zero-order valence-corrected chi connectivity index (χ0v) is 27.1. The Balaban J connectivity index is 1.08. The number of benzene rings is 2. The van der Waals surface area contributed by atoms with Gasteiger partial charge in [-0.1, -0.05) is 18.6 Å². The molecule has 1 unspecified atom stereocenters. The van der Waals surface area contributed by atoms with E-state index in [0.717, 1.165) is 70.5 Å². The number of nitriles is 1.